The number of para-hydroxylation sites is 1. The SMILES string of the molecule is O=[N+]([O-])c1cccc(-c2ncn(Cc3cn(-c4ccccc4)nc3-c3ccccc3)n2)c1. The van der Waals surface area contributed by atoms with Gasteiger partial charge in [-0.15, -0.1) is 0 Å². The fourth-order valence-corrected chi connectivity index (χ4v) is 3.51. The lowest BCUT2D eigenvalue weighted by atomic mass is 10.1. The molecule has 0 aliphatic rings. The predicted molar refractivity (Wildman–Crippen MR) is 120 cm³/mol. The quantitative estimate of drug-likeness (QED) is 0.291. The number of nitro groups is 1. The fraction of sp³-hybridized carbons (Fsp3) is 0.0417. The molecule has 5 rings (SSSR count). The highest BCUT2D eigenvalue weighted by atomic mass is 16.6. The van der Waals surface area contributed by atoms with E-state index in [0.717, 1.165) is 22.5 Å². The molecule has 8 heteroatoms. The van der Waals surface area contributed by atoms with Crippen LogP contribution in [0.1, 0.15) is 5.56 Å². The lowest BCUT2D eigenvalue weighted by molar-refractivity contribution is -0.384. The Morgan fingerprint density at radius 1 is 0.844 bits per heavy atom. The number of rotatable bonds is 6. The van der Waals surface area contributed by atoms with Crippen molar-refractivity contribution >= 4 is 5.69 Å². The Labute approximate surface area is 183 Å². The summed E-state index contributed by atoms with van der Waals surface area (Å²) in [7, 11) is 0. The smallest absolute Gasteiger partial charge is 0.258 e. The summed E-state index contributed by atoms with van der Waals surface area (Å²) in [5.41, 5.74) is 4.43. The number of nitrogens with zero attached hydrogens (tertiary/aromatic N) is 6. The first kappa shape index (κ1) is 19.4. The summed E-state index contributed by atoms with van der Waals surface area (Å²) in [5, 5.41) is 20.4. The summed E-state index contributed by atoms with van der Waals surface area (Å²) in [6.45, 7) is 0.457. The molecule has 0 unspecified atom stereocenters. The number of hydrogen-bond acceptors (Lipinski definition) is 5. The highest BCUT2D eigenvalue weighted by Gasteiger charge is 2.15. The van der Waals surface area contributed by atoms with E-state index < -0.39 is 4.92 Å². The summed E-state index contributed by atoms with van der Waals surface area (Å²) < 4.78 is 3.57. The number of hydrogen-bond donors (Lipinski definition) is 0. The summed E-state index contributed by atoms with van der Waals surface area (Å²) in [5.74, 6) is 0.436. The molecule has 0 fully saturated rings. The summed E-state index contributed by atoms with van der Waals surface area (Å²) >= 11 is 0. The monoisotopic (exact) mass is 422 g/mol. The molecular weight excluding hydrogens is 404 g/mol. The zero-order valence-corrected chi connectivity index (χ0v) is 16.9. The van der Waals surface area contributed by atoms with E-state index in [9.17, 15) is 10.1 Å². The maximum Gasteiger partial charge on any atom is 0.270 e. The minimum absolute atomic E-state index is 0.00866. The van der Waals surface area contributed by atoms with E-state index in [1.165, 1.54) is 12.1 Å². The van der Waals surface area contributed by atoms with Crippen LogP contribution in [0.2, 0.25) is 0 Å². The normalized spacial score (nSPS) is 10.9. The zero-order valence-electron chi connectivity index (χ0n) is 16.9. The van der Waals surface area contributed by atoms with Gasteiger partial charge in [-0.2, -0.15) is 10.2 Å². The largest absolute Gasteiger partial charge is 0.270 e. The topological polar surface area (TPSA) is 91.7 Å². The van der Waals surface area contributed by atoms with Gasteiger partial charge in [-0.05, 0) is 12.1 Å². The molecule has 0 radical (unpaired) electrons. The van der Waals surface area contributed by atoms with Crippen molar-refractivity contribution in [1.29, 1.82) is 0 Å². The second kappa shape index (κ2) is 8.27. The Balaban J connectivity index is 1.50. The molecule has 2 aromatic heterocycles. The zero-order chi connectivity index (χ0) is 21.9. The van der Waals surface area contributed by atoms with E-state index in [-0.39, 0.29) is 5.69 Å². The average molecular weight is 422 g/mol. The molecule has 3 aromatic carbocycles. The van der Waals surface area contributed by atoms with Crippen LogP contribution in [-0.4, -0.2) is 29.5 Å². The molecule has 0 N–H and O–H groups in total. The molecule has 0 saturated heterocycles. The molecule has 156 valence electrons. The lowest BCUT2D eigenvalue weighted by Crippen LogP contribution is -2.01. The predicted octanol–water partition coefficient (Wildman–Crippen LogP) is 4.75. The minimum atomic E-state index is -0.426. The van der Waals surface area contributed by atoms with Gasteiger partial charge in [-0.3, -0.25) is 10.1 Å². The van der Waals surface area contributed by atoms with Gasteiger partial charge in [-0.1, -0.05) is 60.7 Å². The molecule has 2 heterocycles. The van der Waals surface area contributed by atoms with E-state index in [2.05, 4.69) is 10.1 Å². The van der Waals surface area contributed by atoms with Crippen molar-refractivity contribution in [3.8, 4) is 28.3 Å². The van der Waals surface area contributed by atoms with Gasteiger partial charge in [0.05, 0.1) is 22.8 Å². The van der Waals surface area contributed by atoms with Gasteiger partial charge < -0.3 is 0 Å². The molecule has 0 aliphatic carbocycles. The van der Waals surface area contributed by atoms with Crippen LogP contribution >= 0.6 is 0 Å². The van der Waals surface area contributed by atoms with Crippen LogP contribution < -0.4 is 0 Å². The van der Waals surface area contributed by atoms with Crippen LogP contribution in [0.5, 0.6) is 0 Å². The first-order valence-corrected chi connectivity index (χ1v) is 10.0. The number of benzene rings is 3. The molecule has 0 aliphatic heterocycles. The van der Waals surface area contributed by atoms with Gasteiger partial charge in [0.2, 0.25) is 0 Å². The second-order valence-corrected chi connectivity index (χ2v) is 7.22. The molecule has 0 atom stereocenters. The van der Waals surface area contributed by atoms with Crippen molar-refractivity contribution in [2.24, 2.45) is 0 Å². The van der Waals surface area contributed by atoms with E-state index in [1.54, 1.807) is 23.1 Å². The van der Waals surface area contributed by atoms with Gasteiger partial charge in [0.25, 0.3) is 5.69 Å². The first-order chi connectivity index (χ1) is 15.7. The highest BCUT2D eigenvalue weighted by Crippen LogP contribution is 2.25. The number of aromatic nitrogens is 5. The van der Waals surface area contributed by atoms with Crippen molar-refractivity contribution in [2.75, 3.05) is 0 Å². The third kappa shape index (κ3) is 3.89. The molecule has 0 saturated carbocycles. The number of non-ortho nitro benzene ring substituents is 1. The van der Waals surface area contributed by atoms with Gasteiger partial charge in [0, 0.05) is 35.0 Å². The van der Waals surface area contributed by atoms with Crippen LogP contribution in [0.4, 0.5) is 5.69 Å². The van der Waals surface area contributed by atoms with Gasteiger partial charge in [0.1, 0.15) is 6.33 Å². The van der Waals surface area contributed by atoms with Crippen LogP contribution in [-0.2, 0) is 6.54 Å². The Bertz CT molecular complexity index is 1380. The fourth-order valence-electron chi connectivity index (χ4n) is 3.51. The van der Waals surface area contributed by atoms with Crippen LogP contribution in [0.25, 0.3) is 28.3 Å². The van der Waals surface area contributed by atoms with E-state index in [4.69, 9.17) is 5.10 Å². The molecule has 5 aromatic rings. The van der Waals surface area contributed by atoms with Crippen molar-refractivity contribution in [3.63, 3.8) is 0 Å². The maximum atomic E-state index is 11.1. The molecular formula is C24H18N6O2. The van der Waals surface area contributed by atoms with Crippen LogP contribution in [0, 0.1) is 10.1 Å². The molecule has 0 spiro atoms. The second-order valence-electron chi connectivity index (χ2n) is 7.22. The standard InChI is InChI=1S/C24H18N6O2/c31-30(32)22-13-7-10-19(14-22)24-25-17-28(27-24)15-20-16-29(21-11-5-2-6-12-21)26-23(20)18-8-3-1-4-9-18/h1-14,16-17H,15H2. The third-order valence-electron chi connectivity index (χ3n) is 5.04. The molecule has 0 bridgehead atoms. The minimum Gasteiger partial charge on any atom is -0.258 e. The van der Waals surface area contributed by atoms with Gasteiger partial charge in [0.15, 0.2) is 5.82 Å². The Kier molecular flexibility index (Phi) is 5.01. The summed E-state index contributed by atoms with van der Waals surface area (Å²) in [6.07, 6.45) is 3.62. The summed E-state index contributed by atoms with van der Waals surface area (Å²) in [6, 6.07) is 26.2. The van der Waals surface area contributed by atoms with Crippen molar-refractivity contribution < 1.29 is 4.92 Å². The van der Waals surface area contributed by atoms with Crippen molar-refractivity contribution in [1.82, 2.24) is 24.5 Å². The Morgan fingerprint density at radius 3 is 2.31 bits per heavy atom. The third-order valence-corrected chi connectivity index (χ3v) is 5.04. The average Bonchev–Trinajstić information content (AvgIpc) is 3.48. The van der Waals surface area contributed by atoms with Crippen LogP contribution in [0.15, 0.2) is 97.5 Å². The van der Waals surface area contributed by atoms with E-state index in [1.807, 2.05) is 71.5 Å². The molecule has 0 amide bonds. The lowest BCUT2D eigenvalue weighted by Gasteiger charge is -2.02. The van der Waals surface area contributed by atoms with Crippen molar-refractivity contribution in [3.05, 3.63) is 113 Å². The Hall–Kier alpha value is -4.59. The van der Waals surface area contributed by atoms with Crippen molar-refractivity contribution in [2.45, 2.75) is 6.54 Å². The highest BCUT2D eigenvalue weighted by molar-refractivity contribution is 5.63. The molecule has 8 nitrogen and oxygen atoms in total. The van der Waals surface area contributed by atoms with Gasteiger partial charge in [-0.25, -0.2) is 14.3 Å². The summed E-state index contributed by atoms with van der Waals surface area (Å²) in [4.78, 5) is 15.0. The number of nitro benzene ring substituents is 1. The Morgan fingerprint density at radius 2 is 1.56 bits per heavy atom. The van der Waals surface area contributed by atoms with Crippen LogP contribution in [0.3, 0.4) is 0 Å². The van der Waals surface area contributed by atoms with E-state index >= 15 is 0 Å². The first-order valence-electron chi connectivity index (χ1n) is 10.0. The molecule has 32 heavy (non-hydrogen) atoms. The van der Waals surface area contributed by atoms with Gasteiger partial charge >= 0.3 is 0 Å². The maximum absolute atomic E-state index is 11.1. The van der Waals surface area contributed by atoms with E-state index in [0.29, 0.717) is 17.9 Å².